The minimum atomic E-state index is -0.0548. The maximum Gasteiger partial charge on any atom is 0.241 e. The molecule has 1 aliphatic heterocycles. The molecule has 1 rings (SSSR count). The van der Waals surface area contributed by atoms with Gasteiger partial charge in [0.25, 0.3) is 0 Å². The summed E-state index contributed by atoms with van der Waals surface area (Å²) in [6, 6.07) is 0.0948. The molecule has 1 aliphatic rings. The van der Waals surface area contributed by atoms with Gasteiger partial charge in [0, 0.05) is 7.11 Å². The van der Waals surface area contributed by atoms with Gasteiger partial charge in [0.1, 0.15) is 0 Å². The van der Waals surface area contributed by atoms with Crippen LogP contribution in [-0.4, -0.2) is 42.8 Å². The van der Waals surface area contributed by atoms with E-state index in [4.69, 9.17) is 4.74 Å². The number of hydrogen-bond acceptors (Lipinski definition) is 3. The van der Waals surface area contributed by atoms with Crippen molar-refractivity contribution in [3.63, 3.8) is 0 Å². The van der Waals surface area contributed by atoms with Gasteiger partial charge in [-0.2, -0.15) is 0 Å². The molecule has 88 valence electrons. The fourth-order valence-electron chi connectivity index (χ4n) is 2.16. The van der Waals surface area contributed by atoms with E-state index in [1.807, 2.05) is 18.7 Å². The summed E-state index contributed by atoms with van der Waals surface area (Å²) in [5, 5.41) is 3.31. The third-order valence-electron chi connectivity index (χ3n) is 2.85. The molecule has 0 radical (unpaired) electrons. The smallest absolute Gasteiger partial charge is 0.241 e. The minimum Gasteiger partial charge on any atom is -0.383 e. The Morgan fingerprint density at radius 1 is 1.60 bits per heavy atom. The zero-order valence-electron chi connectivity index (χ0n) is 10.1. The lowest BCUT2D eigenvalue weighted by atomic mass is 10.2. The summed E-state index contributed by atoms with van der Waals surface area (Å²) in [6.45, 7) is 6.68. The van der Waals surface area contributed by atoms with Gasteiger partial charge >= 0.3 is 0 Å². The zero-order chi connectivity index (χ0) is 11.4. The summed E-state index contributed by atoms with van der Waals surface area (Å²) in [4.78, 5) is 13.8. The van der Waals surface area contributed by atoms with Crippen molar-refractivity contribution >= 4 is 5.91 Å². The lowest BCUT2D eigenvalue weighted by molar-refractivity contribution is -0.132. The number of ether oxygens (including phenoxy) is 1. The maximum absolute atomic E-state index is 11.9. The quantitative estimate of drug-likeness (QED) is 0.741. The normalized spacial score (nSPS) is 28.5. The highest BCUT2D eigenvalue weighted by Crippen LogP contribution is 2.18. The molecule has 4 nitrogen and oxygen atoms in total. The Labute approximate surface area is 92.0 Å². The van der Waals surface area contributed by atoms with Crippen LogP contribution in [0.25, 0.3) is 0 Å². The first-order valence-corrected chi connectivity index (χ1v) is 5.69. The first kappa shape index (κ1) is 12.5. The molecule has 0 aliphatic carbocycles. The van der Waals surface area contributed by atoms with Gasteiger partial charge in [-0.05, 0) is 20.3 Å². The molecule has 15 heavy (non-hydrogen) atoms. The lowest BCUT2D eigenvalue weighted by Gasteiger charge is -2.29. The Hall–Kier alpha value is -0.610. The summed E-state index contributed by atoms with van der Waals surface area (Å²) in [5.41, 5.74) is 0. The average molecular weight is 214 g/mol. The molecular weight excluding hydrogens is 192 g/mol. The molecule has 0 saturated carbocycles. The van der Waals surface area contributed by atoms with Crippen LogP contribution >= 0.6 is 0 Å². The van der Waals surface area contributed by atoms with E-state index in [9.17, 15) is 4.79 Å². The van der Waals surface area contributed by atoms with Gasteiger partial charge in [-0.15, -0.1) is 0 Å². The van der Waals surface area contributed by atoms with Crippen LogP contribution in [-0.2, 0) is 9.53 Å². The number of amides is 1. The molecule has 0 aromatic rings. The zero-order valence-corrected chi connectivity index (χ0v) is 10.1. The van der Waals surface area contributed by atoms with Gasteiger partial charge in [-0.25, -0.2) is 0 Å². The monoisotopic (exact) mass is 214 g/mol. The number of carbonyl (C=O) groups is 1. The second-order valence-electron chi connectivity index (χ2n) is 4.24. The molecule has 0 aromatic carbocycles. The fraction of sp³-hybridized carbons (Fsp3) is 0.909. The van der Waals surface area contributed by atoms with Crippen LogP contribution in [0.15, 0.2) is 0 Å². The first-order valence-electron chi connectivity index (χ1n) is 5.69. The van der Waals surface area contributed by atoms with Gasteiger partial charge in [0.05, 0.1) is 24.9 Å². The van der Waals surface area contributed by atoms with E-state index in [-0.39, 0.29) is 24.2 Å². The Bertz CT molecular complexity index is 221. The molecule has 3 atom stereocenters. The van der Waals surface area contributed by atoms with E-state index < -0.39 is 0 Å². The van der Waals surface area contributed by atoms with Crippen LogP contribution in [0, 0.1) is 0 Å². The van der Waals surface area contributed by atoms with Crippen molar-refractivity contribution in [1.82, 2.24) is 10.2 Å². The van der Waals surface area contributed by atoms with Crippen LogP contribution in [0.2, 0.25) is 0 Å². The van der Waals surface area contributed by atoms with Crippen molar-refractivity contribution in [2.45, 2.75) is 51.9 Å². The Morgan fingerprint density at radius 3 is 2.80 bits per heavy atom. The summed E-state index contributed by atoms with van der Waals surface area (Å²) in [5.74, 6) is 0.193. The third-order valence-corrected chi connectivity index (χ3v) is 2.85. The number of nitrogens with zero attached hydrogens (tertiary/aromatic N) is 1. The van der Waals surface area contributed by atoms with Crippen molar-refractivity contribution in [2.75, 3.05) is 13.7 Å². The second-order valence-corrected chi connectivity index (χ2v) is 4.24. The van der Waals surface area contributed by atoms with Crippen LogP contribution in [0.3, 0.4) is 0 Å². The fourth-order valence-corrected chi connectivity index (χ4v) is 2.16. The van der Waals surface area contributed by atoms with Crippen molar-refractivity contribution < 1.29 is 9.53 Å². The van der Waals surface area contributed by atoms with Gasteiger partial charge in [-0.1, -0.05) is 13.3 Å². The number of methoxy groups -OCH3 is 1. The summed E-state index contributed by atoms with van der Waals surface area (Å²) in [7, 11) is 1.67. The molecule has 4 heteroatoms. The van der Waals surface area contributed by atoms with E-state index >= 15 is 0 Å². The maximum atomic E-state index is 11.9. The highest BCUT2D eigenvalue weighted by molar-refractivity contribution is 5.84. The van der Waals surface area contributed by atoms with E-state index in [0.717, 1.165) is 12.8 Å². The molecule has 0 aromatic heterocycles. The standard InChI is InChI=1S/C11H22N2O2/c1-5-6-10-12-9(3)11(14)13(10)8(2)7-15-4/h8-10,12H,5-7H2,1-4H3. The SMILES string of the molecule is CCCC1NC(C)C(=O)N1C(C)COC. The van der Waals surface area contributed by atoms with Gasteiger partial charge in [-0.3, -0.25) is 10.1 Å². The van der Waals surface area contributed by atoms with E-state index in [1.54, 1.807) is 7.11 Å². The predicted molar refractivity (Wildman–Crippen MR) is 59.5 cm³/mol. The van der Waals surface area contributed by atoms with Crippen molar-refractivity contribution in [3.8, 4) is 0 Å². The highest BCUT2D eigenvalue weighted by atomic mass is 16.5. The largest absolute Gasteiger partial charge is 0.383 e. The Morgan fingerprint density at radius 2 is 2.27 bits per heavy atom. The number of hydrogen-bond donors (Lipinski definition) is 1. The number of nitrogens with one attached hydrogen (secondary N) is 1. The molecule has 0 spiro atoms. The van der Waals surface area contributed by atoms with Crippen molar-refractivity contribution in [1.29, 1.82) is 0 Å². The number of carbonyl (C=O) groups excluding carboxylic acids is 1. The van der Waals surface area contributed by atoms with E-state index in [2.05, 4.69) is 12.2 Å². The molecule has 3 unspecified atom stereocenters. The van der Waals surface area contributed by atoms with Crippen LogP contribution in [0.5, 0.6) is 0 Å². The highest BCUT2D eigenvalue weighted by Gasteiger charge is 2.38. The minimum absolute atomic E-state index is 0.0548. The van der Waals surface area contributed by atoms with E-state index in [1.165, 1.54) is 0 Å². The number of rotatable bonds is 5. The molecule has 1 N–H and O–H groups in total. The topological polar surface area (TPSA) is 41.6 Å². The molecule has 1 amide bonds. The molecule has 1 heterocycles. The third kappa shape index (κ3) is 2.69. The molecule has 0 bridgehead atoms. The lowest BCUT2D eigenvalue weighted by Crippen LogP contribution is -2.45. The second kappa shape index (κ2) is 5.47. The van der Waals surface area contributed by atoms with Crippen molar-refractivity contribution in [3.05, 3.63) is 0 Å². The first-order chi connectivity index (χ1) is 7.11. The average Bonchev–Trinajstić information content (AvgIpc) is 2.44. The van der Waals surface area contributed by atoms with Crippen molar-refractivity contribution in [2.24, 2.45) is 0 Å². The van der Waals surface area contributed by atoms with Crippen LogP contribution < -0.4 is 5.32 Å². The van der Waals surface area contributed by atoms with Gasteiger partial charge in [0.2, 0.25) is 5.91 Å². The van der Waals surface area contributed by atoms with Gasteiger partial charge in [0.15, 0.2) is 0 Å². The van der Waals surface area contributed by atoms with Gasteiger partial charge < -0.3 is 9.64 Å². The molecular formula is C11H22N2O2. The molecule has 1 fully saturated rings. The van der Waals surface area contributed by atoms with Crippen LogP contribution in [0.1, 0.15) is 33.6 Å². The Balaban J connectivity index is 2.67. The predicted octanol–water partition coefficient (Wildman–Crippen LogP) is 0.968. The van der Waals surface area contributed by atoms with Crippen LogP contribution in [0.4, 0.5) is 0 Å². The summed E-state index contributed by atoms with van der Waals surface area (Å²) in [6.07, 6.45) is 2.26. The Kier molecular flexibility index (Phi) is 4.54. The summed E-state index contributed by atoms with van der Waals surface area (Å²) >= 11 is 0. The summed E-state index contributed by atoms with van der Waals surface area (Å²) < 4.78 is 5.10. The molecule has 1 saturated heterocycles. The van der Waals surface area contributed by atoms with E-state index in [0.29, 0.717) is 6.61 Å².